The van der Waals surface area contributed by atoms with Crippen molar-refractivity contribution in [1.82, 2.24) is 5.32 Å². The van der Waals surface area contributed by atoms with E-state index in [1.807, 2.05) is 12.1 Å². The zero-order chi connectivity index (χ0) is 10.8. The lowest BCUT2D eigenvalue weighted by molar-refractivity contribution is 0.414. The van der Waals surface area contributed by atoms with Crippen LogP contribution in [-0.2, 0) is 0 Å². The zero-order valence-electron chi connectivity index (χ0n) is 9.09. The fraction of sp³-hybridized carbons (Fsp3) is 0.500. The topological polar surface area (TPSA) is 21.3 Å². The Morgan fingerprint density at radius 3 is 2.73 bits per heavy atom. The quantitative estimate of drug-likeness (QED) is 0.850. The van der Waals surface area contributed by atoms with Crippen LogP contribution in [-0.4, -0.2) is 13.2 Å². The average Bonchev–Trinajstić information content (AvgIpc) is 3.01. The van der Waals surface area contributed by atoms with Crippen molar-refractivity contribution in [3.05, 3.63) is 28.8 Å². The van der Waals surface area contributed by atoms with Crippen LogP contribution in [0.1, 0.15) is 31.4 Å². The molecule has 0 spiro atoms. The summed E-state index contributed by atoms with van der Waals surface area (Å²) >= 11 is 6.07. The molecule has 0 saturated heterocycles. The van der Waals surface area contributed by atoms with Gasteiger partial charge in [0.1, 0.15) is 5.75 Å². The van der Waals surface area contributed by atoms with E-state index >= 15 is 0 Å². The second-order valence-corrected chi connectivity index (χ2v) is 4.46. The van der Waals surface area contributed by atoms with E-state index in [2.05, 4.69) is 18.3 Å². The Morgan fingerprint density at radius 1 is 1.47 bits per heavy atom. The van der Waals surface area contributed by atoms with E-state index in [1.54, 1.807) is 7.11 Å². The zero-order valence-corrected chi connectivity index (χ0v) is 9.84. The summed E-state index contributed by atoms with van der Waals surface area (Å²) in [5.74, 6) is 0.735. The molecule has 1 N–H and O–H groups in total. The molecule has 82 valence electrons. The summed E-state index contributed by atoms with van der Waals surface area (Å²) in [7, 11) is 1.63. The third kappa shape index (κ3) is 2.64. The predicted molar refractivity (Wildman–Crippen MR) is 62.6 cm³/mol. The van der Waals surface area contributed by atoms with Gasteiger partial charge in [0.05, 0.1) is 12.1 Å². The Bertz CT molecular complexity index is 349. The van der Waals surface area contributed by atoms with Gasteiger partial charge in [0, 0.05) is 12.1 Å². The van der Waals surface area contributed by atoms with E-state index in [-0.39, 0.29) is 0 Å². The maximum Gasteiger partial charge on any atom is 0.137 e. The number of methoxy groups -OCH3 is 1. The molecule has 15 heavy (non-hydrogen) atoms. The molecule has 1 saturated carbocycles. The molecule has 2 rings (SSSR count). The number of benzene rings is 1. The van der Waals surface area contributed by atoms with Crippen molar-refractivity contribution in [2.24, 2.45) is 0 Å². The number of hydrogen-bond donors (Lipinski definition) is 1. The summed E-state index contributed by atoms with van der Waals surface area (Å²) in [6.45, 7) is 2.16. The molecule has 1 unspecified atom stereocenters. The van der Waals surface area contributed by atoms with Crippen LogP contribution in [0.3, 0.4) is 0 Å². The smallest absolute Gasteiger partial charge is 0.137 e. The lowest BCUT2D eigenvalue weighted by Gasteiger charge is -2.14. The Balaban J connectivity index is 2.09. The number of rotatable bonds is 4. The van der Waals surface area contributed by atoms with Crippen LogP contribution in [0.15, 0.2) is 18.2 Å². The van der Waals surface area contributed by atoms with Crippen LogP contribution < -0.4 is 10.1 Å². The fourth-order valence-electron chi connectivity index (χ4n) is 1.65. The van der Waals surface area contributed by atoms with Gasteiger partial charge in [-0.05, 0) is 37.5 Å². The van der Waals surface area contributed by atoms with Crippen LogP contribution in [0, 0.1) is 0 Å². The summed E-state index contributed by atoms with van der Waals surface area (Å²) in [5, 5.41) is 4.22. The van der Waals surface area contributed by atoms with Gasteiger partial charge in [0.25, 0.3) is 0 Å². The van der Waals surface area contributed by atoms with Gasteiger partial charge in [-0.15, -0.1) is 0 Å². The highest BCUT2D eigenvalue weighted by molar-refractivity contribution is 6.32. The molecule has 1 fully saturated rings. The molecule has 0 aromatic heterocycles. The summed E-state index contributed by atoms with van der Waals surface area (Å²) in [5.41, 5.74) is 1.22. The van der Waals surface area contributed by atoms with E-state index in [9.17, 15) is 0 Å². The highest BCUT2D eigenvalue weighted by Crippen LogP contribution is 2.29. The lowest BCUT2D eigenvalue weighted by Crippen LogP contribution is -2.20. The number of ether oxygens (including phenoxy) is 1. The van der Waals surface area contributed by atoms with Gasteiger partial charge in [-0.1, -0.05) is 17.7 Å². The van der Waals surface area contributed by atoms with Crippen molar-refractivity contribution in [3.63, 3.8) is 0 Å². The first-order valence-corrected chi connectivity index (χ1v) is 5.68. The second kappa shape index (κ2) is 4.42. The highest BCUT2D eigenvalue weighted by Gasteiger charge is 2.23. The van der Waals surface area contributed by atoms with Gasteiger partial charge in [0.15, 0.2) is 0 Å². The van der Waals surface area contributed by atoms with Gasteiger partial charge < -0.3 is 10.1 Å². The molecule has 0 radical (unpaired) electrons. The molecule has 0 aliphatic heterocycles. The largest absolute Gasteiger partial charge is 0.495 e. The number of halogens is 1. The van der Waals surface area contributed by atoms with E-state index in [0.717, 1.165) is 5.75 Å². The molecule has 0 bridgehead atoms. The minimum Gasteiger partial charge on any atom is -0.495 e. The predicted octanol–water partition coefficient (Wildman–Crippen LogP) is 3.16. The molecule has 1 aromatic rings. The first-order valence-electron chi connectivity index (χ1n) is 5.30. The maximum atomic E-state index is 6.07. The third-order valence-corrected chi connectivity index (χ3v) is 3.03. The fourth-order valence-corrected chi connectivity index (χ4v) is 1.92. The Hall–Kier alpha value is -0.730. The van der Waals surface area contributed by atoms with Crippen LogP contribution in [0.4, 0.5) is 0 Å². The van der Waals surface area contributed by atoms with Gasteiger partial charge >= 0.3 is 0 Å². The molecule has 1 atom stereocenters. The molecular weight excluding hydrogens is 210 g/mol. The monoisotopic (exact) mass is 225 g/mol. The minimum atomic E-state index is 0.362. The molecule has 3 heteroatoms. The van der Waals surface area contributed by atoms with Gasteiger partial charge in [-0.3, -0.25) is 0 Å². The Kier molecular flexibility index (Phi) is 3.17. The Morgan fingerprint density at radius 2 is 2.20 bits per heavy atom. The van der Waals surface area contributed by atoms with Crippen molar-refractivity contribution in [3.8, 4) is 5.75 Å². The van der Waals surface area contributed by atoms with E-state index in [4.69, 9.17) is 16.3 Å². The third-order valence-electron chi connectivity index (χ3n) is 2.74. The highest BCUT2D eigenvalue weighted by atomic mass is 35.5. The van der Waals surface area contributed by atoms with Crippen molar-refractivity contribution in [2.75, 3.05) is 7.11 Å². The van der Waals surface area contributed by atoms with Crippen LogP contribution in [0.2, 0.25) is 5.02 Å². The molecule has 1 aliphatic carbocycles. The standard InChI is InChI=1S/C12H16ClNO/c1-8(14-10-4-5-10)9-3-6-12(15-2)11(13)7-9/h3,6-8,10,14H,4-5H2,1-2H3. The van der Waals surface area contributed by atoms with Crippen molar-refractivity contribution in [1.29, 1.82) is 0 Å². The van der Waals surface area contributed by atoms with Crippen LogP contribution in [0.5, 0.6) is 5.75 Å². The summed E-state index contributed by atoms with van der Waals surface area (Å²) in [6.07, 6.45) is 2.60. The lowest BCUT2D eigenvalue weighted by atomic mass is 10.1. The van der Waals surface area contributed by atoms with Gasteiger partial charge in [0.2, 0.25) is 0 Å². The summed E-state index contributed by atoms with van der Waals surface area (Å²) < 4.78 is 5.12. The van der Waals surface area contributed by atoms with Crippen molar-refractivity contribution >= 4 is 11.6 Å². The first-order chi connectivity index (χ1) is 7.20. The Labute approximate surface area is 95.6 Å². The maximum absolute atomic E-state index is 6.07. The minimum absolute atomic E-state index is 0.362. The summed E-state index contributed by atoms with van der Waals surface area (Å²) in [4.78, 5) is 0. The van der Waals surface area contributed by atoms with E-state index < -0.39 is 0 Å². The molecule has 1 aromatic carbocycles. The van der Waals surface area contributed by atoms with E-state index in [0.29, 0.717) is 17.1 Å². The number of hydrogen-bond acceptors (Lipinski definition) is 2. The average molecular weight is 226 g/mol. The second-order valence-electron chi connectivity index (χ2n) is 4.06. The van der Waals surface area contributed by atoms with Crippen molar-refractivity contribution in [2.45, 2.75) is 31.8 Å². The van der Waals surface area contributed by atoms with Crippen molar-refractivity contribution < 1.29 is 4.74 Å². The van der Waals surface area contributed by atoms with Crippen LogP contribution >= 0.6 is 11.6 Å². The van der Waals surface area contributed by atoms with Gasteiger partial charge in [-0.25, -0.2) is 0 Å². The number of nitrogens with one attached hydrogen (secondary N) is 1. The molecular formula is C12H16ClNO. The molecule has 0 amide bonds. The normalized spacial score (nSPS) is 17.5. The summed E-state index contributed by atoms with van der Waals surface area (Å²) in [6, 6.07) is 7.02. The molecule has 0 heterocycles. The molecule has 1 aliphatic rings. The van der Waals surface area contributed by atoms with Crippen LogP contribution in [0.25, 0.3) is 0 Å². The SMILES string of the molecule is COc1ccc(C(C)NC2CC2)cc1Cl. The molecule has 2 nitrogen and oxygen atoms in total. The van der Waals surface area contributed by atoms with Gasteiger partial charge in [-0.2, -0.15) is 0 Å². The first kappa shape index (κ1) is 10.8. The van der Waals surface area contributed by atoms with E-state index in [1.165, 1.54) is 18.4 Å².